The number of nitrogens with two attached hydrogens (primary N) is 1. The molecule has 13 heteroatoms. The number of aromatic nitrogens is 1. The number of benzene rings is 2. The molecule has 3 aromatic rings. The first-order valence-corrected chi connectivity index (χ1v) is 12.5. The average Bonchev–Trinajstić information content (AvgIpc) is 2.84. The molecule has 5 N–H and O–H groups in total. The summed E-state index contributed by atoms with van der Waals surface area (Å²) in [4.78, 5) is 15.2. The number of rotatable bonds is 12. The van der Waals surface area contributed by atoms with Crippen LogP contribution in [-0.2, 0) is 27.4 Å². The van der Waals surface area contributed by atoms with E-state index in [0.29, 0.717) is 37.0 Å². The van der Waals surface area contributed by atoms with Crippen LogP contribution in [0, 0.1) is 0 Å². The van der Waals surface area contributed by atoms with Crippen LogP contribution >= 0.6 is 0 Å². The highest BCUT2D eigenvalue weighted by Gasteiger charge is 2.32. The Hall–Kier alpha value is -3.84. The number of nitrogens with one attached hydrogen (secondary N) is 2. The summed E-state index contributed by atoms with van der Waals surface area (Å²) in [5.41, 5.74) is 5.45. The minimum atomic E-state index is -4.76. The molecule has 0 aliphatic heterocycles. The Kier molecular flexibility index (Phi) is 8.95. The molecule has 37 heavy (non-hydrogen) atoms. The third-order valence-corrected chi connectivity index (χ3v) is 6.60. The van der Waals surface area contributed by atoms with E-state index in [-0.39, 0.29) is 12.1 Å². The summed E-state index contributed by atoms with van der Waals surface area (Å²) < 4.78 is 71.7. The predicted octanol–water partition coefficient (Wildman–Crippen LogP) is 3.54. The largest absolute Gasteiger partial charge is 0.491 e. The molecular formula is C24H25F3N4O5S. The molecule has 0 amide bonds. The first-order chi connectivity index (χ1) is 17.5. The van der Waals surface area contributed by atoms with Crippen LogP contribution in [0.25, 0.3) is 0 Å². The van der Waals surface area contributed by atoms with Crippen LogP contribution < -0.4 is 20.5 Å². The highest BCUT2D eigenvalue weighted by atomic mass is 32.2. The van der Waals surface area contributed by atoms with Crippen molar-refractivity contribution in [1.29, 1.82) is 0 Å². The lowest BCUT2D eigenvalue weighted by Crippen LogP contribution is -2.42. The monoisotopic (exact) mass is 538 g/mol. The first-order valence-electron chi connectivity index (χ1n) is 11.0. The lowest BCUT2D eigenvalue weighted by molar-refractivity contribution is -0.139. The molecule has 0 saturated heterocycles. The lowest BCUT2D eigenvalue weighted by atomic mass is 10.1. The second kappa shape index (κ2) is 11.9. The van der Waals surface area contributed by atoms with E-state index in [9.17, 15) is 31.5 Å². The van der Waals surface area contributed by atoms with E-state index in [1.165, 1.54) is 18.2 Å². The number of halogens is 3. The van der Waals surface area contributed by atoms with E-state index in [0.717, 1.165) is 24.0 Å². The molecule has 1 heterocycles. The van der Waals surface area contributed by atoms with Crippen molar-refractivity contribution in [3.63, 3.8) is 0 Å². The van der Waals surface area contributed by atoms with Crippen molar-refractivity contribution in [2.75, 3.05) is 24.2 Å². The lowest BCUT2D eigenvalue weighted by Gasteiger charge is -2.17. The normalized spacial score (nSPS) is 12.6. The maximum Gasteiger partial charge on any atom is 0.416 e. The second-order valence-electron chi connectivity index (χ2n) is 7.96. The molecule has 0 aliphatic carbocycles. The van der Waals surface area contributed by atoms with Gasteiger partial charge in [-0.15, -0.1) is 0 Å². The molecule has 0 bridgehead atoms. The number of alkyl halides is 3. The van der Waals surface area contributed by atoms with Gasteiger partial charge in [-0.2, -0.15) is 17.9 Å². The molecule has 9 nitrogen and oxygen atoms in total. The fourth-order valence-electron chi connectivity index (χ4n) is 3.30. The summed E-state index contributed by atoms with van der Waals surface area (Å²) in [6, 6.07) is 11.4. The van der Waals surface area contributed by atoms with Gasteiger partial charge in [0, 0.05) is 12.7 Å². The number of carbonyl (C=O) groups is 1. The summed E-state index contributed by atoms with van der Waals surface area (Å²) in [6.07, 6.45) is -2.73. The maximum absolute atomic E-state index is 13.0. The Morgan fingerprint density at radius 1 is 1.11 bits per heavy atom. The number of hydrogen-bond donors (Lipinski definition) is 4. The van der Waals surface area contributed by atoms with Crippen LogP contribution in [0.1, 0.15) is 17.5 Å². The number of nitrogen functional groups attached to an aromatic ring is 1. The Bertz CT molecular complexity index is 1320. The first kappa shape index (κ1) is 27.7. The Labute approximate surface area is 211 Å². The molecule has 1 atom stereocenters. The molecule has 198 valence electrons. The number of pyridine rings is 1. The number of hydrogen-bond acceptors (Lipinski definition) is 7. The SMILES string of the molecule is Nc1cc(C[C@H](NS(=O)(=O)c2cccc(C(F)(F)F)c2)C(=O)O)ccc1OCCCNc1ccccn1. The molecule has 1 aromatic heterocycles. The minimum Gasteiger partial charge on any atom is -0.491 e. The van der Waals surface area contributed by atoms with Gasteiger partial charge in [-0.1, -0.05) is 18.2 Å². The van der Waals surface area contributed by atoms with E-state index in [1.54, 1.807) is 6.20 Å². The van der Waals surface area contributed by atoms with Crippen molar-refractivity contribution in [3.8, 4) is 5.75 Å². The summed E-state index contributed by atoms with van der Waals surface area (Å²) in [6.45, 7) is 0.958. The summed E-state index contributed by atoms with van der Waals surface area (Å²) in [5, 5.41) is 12.7. The van der Waals surface area contributed by atoms with Gasteiger partial charge in [0.15, 0.2) is 0 Å². The van der Waals surface area contributed by atoms with Crippen molar-refractivity contribution in [1.82, 2.24) is 9.71 Å². The molecule has 2 aromatic carbocycles. The van der Waals surface area contributed by atoms with Crippen molar-refractivity contribution < 1.29 is 36.2 Å². The van der Waals surface area contributed by atoms with Crippen molar-refractivity contribution in [3.05, 3.63) is 78.0 Å². The highest BCUT2D eigenvalue weighted by Crippen LogP contribution is 2.30. The van der Waals surface area contributed by atoms with Crippen molar-refractivity contribution in [2.24, 2.45) is 0 Å². The topological polar surface area (TPSA) is 144 Å². The number of carboxylic acids is 1. The second-order valence-corrected chi connectivity index (χ2v) is 9.67. The van der Waals surface area contributed by atoms with Crippen LogP contribution in [0.3, 0.4) is 0 Å². The van der Waals surface area contributed by atoms with Crippen LogP contribution in [0.2, 0.25) is 0 Å². The average molecular weight is 539 g/mol. The molecule has 3 rings (SSSR count). The zero-order valence-electron chi connectivity index (χ0n) is 19.4. The zero-order chi connectivity index (χ0) is 27.1. The standard InChI is InChI=1S/C24H25F3N4O5S/c25-24(26,27)17-5-3-6-18(15-17)37(34,35)31-20(23(32)33)14-16-8-9-21(19(28)13-16)36-12-4-11-30-22-7-1-2-10-29-22/h1-3,5-10,13,15,20,31H,4,11-12,14,28H2,(H,29,30)(H,32,33)/t20-/m0/s1. The number of aliphatic carboxylic acids is 1. The van der Waals surface area contributed by atoms with E-state index >= 15 is 0 Å². The molecular weight excluding hydrogens is 513 g/mol. The summed E-state index contributed by atoms with van der Waals surface area (Å²) in [7, 11) is -4.56. The van der Waals surface area contributed by atoms with Gasteiger partial charge in [-0.05, 0) is 60.9 Å². The number of ether oxygens (including phenoxy) is 1. The Balaban J connectivity index is 1.60. The molecule has 0 aliphatic rings. The maximum atomic E-state index is 13.0. The summed E-state index contributed by atoms with van der Waals surface area (Å²) in [5.74, 6) is -0.393. The molecule has 0 saturated carbocycles. The third kappa shape index (κ3) is 8.08. The van der Waals surface area contributed by atoms with Crippen LogP contribution in [0.4, 0.5) is 24.7 Å². The van der Waals surface area contributed by atoms with Crippen LogP contribution in [-0.4, -0.2) is 43.7 Å². The molecule has 0 unspecified atom stereocenters. The van der Waals surface area contributed by atoms with Gasteiger partial charge in [-0.3, -0.25) is 4.79 Å². The van der Waals surface area contributed by atoms with Gasteiger partial charge >= 0.3 is 12.1 Å². The van der Waals surface area contributed by atoms with E-state index in [1.807, 2.05) is 22.9 Å². The van der Waals surface area contributed by atoms with Gasteiger partial charge < -0.3 is 20.9 Å². The number of anilines is 2. The van der Waals surface area contributed by atoms with Gasteiger partial charge in [0.1, 0.15) is 17.6 Å². The number of nitrogens with zero attached hydrogens (tertiary/aromatic N) is 1. The Morgan fingerprint density at radius 3 is 2.54 bits per heavy atom. The van der Waals surface area contributed by atoms with Gasteiger partial charge in [0.05, 0.1) is 22.8 Å². The van der Waals surface area contributed by atoms with Gasteiger partial charge in [-0.25, -0.2) is 13.4 Å². The molecule has 0 radical (unpaired) electrons. The molecule has 0 spiro atoms. The smallest absolute Gasteiger partial charge is 0.416 e. The quantitative estimate of drug-likeness (QED) is 0.203. The van der Waals surface area contributed by atoms with Crippen LogP contribution in [0.15, 0.2) is 71.8 Å². The fourth-order valence-corrected chi connectivity index (χ4v) is 4.54. The van der Waals surface area contributed by atoms with E-state index in [4.69, 9.17) is 10.5 Å². The summed E-state index contributed by atoms with van der Waals surface area (Å²) >= 11 is 0. The number of sulfonamides is 1. The predicted molar refractivity (Wildman–Crippen MR) is 131 cm³/mol. The fraction of sp³-hybridized carbons (Fsp3) is 0.250. The molecule has 0 fully saturated rings. The van der Waals surface area contributed by atoms with Crippen molar-refractivity contribution in [2.45, 2.75) is 30.0 Å². The highest BCUT2D eigenvalue weighted by molar-refractivity contribution is 7.89. The Morgan fingerprint density at radius 2 is 1.89 bits per heavy atom. The van der Waals surface area contributed by atoms with Crippen molar-refractivity contribution >= 4 is 27.5 Å². The van der Waals surface area contributed by atoms with Gasteiger partial charge in [0.25, 0.3) is 0 Å². The van der Waals surface area contributed by atoms with E-state index in [2.05, 4.69) is 10.3 Å². The number of carboxylic acid groups (broad SMARTS) is 1. The zero-order valence-corrected chi connectivity index (χ0v) is 20.2. The van der Waals surface area contributed by atoms with Crippen LogP contribution in [0.5, 0.6) is 5.75 Å². The third-order valence-electron chi connectivity index (χ3n) is 5.13. The minimum absolute atomic E-state index is 0.222. The van der Waals surface area contributed by atoms with Gasteiger partial charge in [0.2, 0.25) is 10.0 Å². The van der Waals surface area contributed by atoms with E-state index < -0.39 is 38.7 Å².